The zero-order chi connectivity index (χ0) is 22.7. The Morgan fingerprint density at radius 2 is 2.12 bits per heavy atom. The van der Waals surface area contributed by atoms with Gasteiger partial charge in [0.1, 0.15) is 24.2 Å². The molecule has 1 aliphatic rings. The maximum Gasteiger partial charge on any atom is 0.354 e. The molecular formula is C23H24FN3O3S2. The molecule has 3 aromatic rings. The zero-order valence-corrected chi connectivity index (χ0v) is 19.5. The highest BCUT2D eigenvalue weighted by molar-refractivity contribution is 8.02. The topological polar surface area (TPSA) is 75.5 Å². The fourth-order valence-electron chi connectivity index (χ4n) is 3.58. The van der Waals surface area contributed by atoms with E-state index < -0.39 is 12.1 Å². The summed E-state index contributed by atoms with van der Waals surface area (Å²) < 4.78 is 23.1. The molecule has 0 amide bonds. The van der Waals surface area contributed by atoms with Crippen LogP contribution in [0.15, 0.2) is 40.2 Å². The molecule has 32 heavy (non-hydrogen) atoms. The summed E-state index contributed by atoms with van der Waals surface area (Å²) >= 11 is 2.96. The molecule has 0 radical (unpaired) electrons. The third-order valence-electron chi connectivity index (χ3n) is 5.08. The molecule has 0 bridgehead atoms. The molecule has 1 N–H and O–H groups in total. The Morgan fingerprint density at radius 3 is 2.75 bits per heavy atom. The van der Waals surface area contributed by atoms with Crippen LogP contribution in [-0.2, 0) is 19.4 Å². The summed E-state index contributed by atoms with van der Waals surface area (Å²) in [7, 11) is 0. The van der Waals surface area contributed by atoms with Gasteiger partial charge >= 0.3 is 5.97 Å². The van der Waals surface area contributed by atoms with Crippen molar-refractivity contribution < 1.29 is 19.0 Å². The Hall–Kier alpha value is -2.65. The molecule has 1 atom stereocenters. The number of ether oxygens (including phenoxy) is 1. The van der Waals surface area contributed by atoms with Crippen molar-refractivity contribution in [2.24, 2.45) is 0 Å². The summed E-state index contributed by atoms with van der Waals surface area (Å²) in [6.45, 7) is 3.92. The van der Waals surface area contributed by atoms with E-state index in [0.29, 0.717) is 5.75 Å². The number of alkyl halides is 1. The third kappa shape index (κ3) is 5.39. The lowest BCUT2D eigenvalue weighted by Gasteiger charge is -2.26. The molecule has 1 aromatic carbocycles. The molecule has 6 nitrogen and oxygen atoms in total. The normalized spacial score (nSPS) is 13.6. The Kier molecular flexibility index (Phi) is 6.95. The number of carboxylic acid groups (broad SMARTS) is 1. The van der Waals surface area contributed by atoms with Crippen molar-refractivity contribution in [3.05, 3.63) is 63.9 Å². The number of hydrogen-bond acceptors (Lipinski definition) is 7. The van der Waals surface area contributed by atoms with E-state index in [1.54, 1.807) is 13.0 Å². The highest BCUT2D eigenvalue weighted by Gasteiger charge is 2.23. The molecule has 168 valence electrons. The number of rotatable bonds is 9. The third-order valence-corrected chi connectivity index (χ3v) is 7.16. The van der Waals surface area contributed by atoms with Crippen molar-refractivity contribution in [3.63, 3.8) is 0 Å². The van der Waals surface area contributed by atoms with Crippen LogP contribution in [-0.4, -0.2) is 33.8 Å². The highest BCUT2D eigenvalue weighted by atomic mass is 32.2. The Balaban J connectivity index is 1.62. The van der Waals surface area contributed by atoms with E-state index in [2.05, 4.69) is 22.1 Å². The van der Waals surface area contributed by atoms with Gasteiger partial charge in [-0.1, -0.05) is 6.07 Å². The maximum atomic E-state index is 14.1. The van der Waals surface area contributed by atoms with E-state index in [0.717, 1.165) is 40.5 Å². The standard InChI is InChI=1S/C23H24FN3O3S2/c1-14(24)11-27(32-23-26-15(2)13-31-23)20-8-17-4-3-5-18(17)9-21(20)30-12-16-6-7-19(22(28)29)25-10-16/h6-10,13-14H,3-5,11-12H2,1-2H3,(H,28,29). The Bertz CT molecular complexity index is 1100. The number of benzene rings is 1. The molecule has 2 aromatic heterocycles. The number of anilines is 1. The first-order chi connectivity index (χ1) is 15.4. The van der Waals surface area contributed by atoms with E-state index in [-0.39, 0.29) is 18.8 Å². The van der Waals surface area contributed by atoms with Gasteiger partial charge in [-0.05, 0) is 62.4 Å². The van der Waals surface area contributed by atoms with Crippen LogP contribution in [0.2, 0.25) is 0 Å². The van der Waals surface area contributed by atoms with E-state index in [4.69, 9.17) is 9.84 Å². The number of pyridine rings is 1. The highest BCUT2D eigenvalue weighted by Crippen LogP contribution is 2.41. The van der Waals surface area contributed by atoms with Gasteiger partial charge in [-0.3, -0.25) is 0 Å². The molecule has 0 saturated carbocycles. The average molecular weight is 474 g/mol. The largest absolute Gasteiger partial charge is 0.487 e. The molecule has 4 rings (SSSR count). The zero-order valence-electron chi connectivity index (χ0n) is 17.9. The number of hydrogen-bond donors (Lipinski definition) is 1. The van der Waals surface area contributed by atoms with Gasteiger partial charge in [0.25, 0.3) is 0 Å². The monoisotopic (exact) mass is 473 g/mol. The summed E-state index contributed by atoms with van der Waals surface area (Å²) in [5, 5.41) is 11.0. The number of carboxylic acids is 1. The number of aromatic carboxylic acids is 1. The summed E-state index contributed by atoms with van der Waals surface area (Å²) in [5.41, 5.74) is 5.04. The van der Waals surface area contributed by atoms with Gasteiger partial charge in [0, 0.05) is 34.8 Å². The van der Waals surface area contributed by atoms with Crippen LogP contribution in [0.4, 0.5) is 10.1 Å². The molecular weight excluding hydrogens is 449 g/mol. The first kappa shape index (κ1) is 22.5. The smallest absolute Gasteiger partial charge is 0.354 e. The fourth-order valence-corrected chi connectivity index (χ4v) is 5.58. The lowest BCUT2D eigenvalue weighted by Crippen LogP contribution is -2.23. The number of aryl methyl sites for hydroxylation is 3. The number of thiazole rings is 1. The summed E-state index contributed by atoms with van der Waals surface area (Å²) in [5.74, 6) is -0.391. The van der Waals surface area contributed by atoms with E-state index >= 15 is 0 Å². The summed E-state index contributed by atoms with van der Waals surface area (Å²) in [6, 6.07) is 7.32. The molecule has 2 heterocycles. The molecule has 0 spiro atoms. The number of halogens is 1. The van der Waals surface area contributed by atoms with E-state index in [1.807, 2.05) is 16.6 Å². The first-order valence-corrected chi connectivity index (χ1v) is 12.0. The van der Waals surface area contributed by atoms with Crippen LogP contribution in [0.1, 0.15) is 46.2 Å². The summed E-state index contributed by atoms with van der Waals surface area (Å²) in [6.07, 6.45) is 3.57. The minimum absolute atomic E-state index is 0.00906. The molecule has 1 aliphatic carbocycles. The van der Waals surface area contributed by atoms with Gasteiger partial charge < -0.3 is 14.1 Å². The second-order valence-corrected chi connectivity index (χ2v) is 9.90. The van der Waals surface area contributed by atoms with E-state index in [9.17, 15) is 9.18 Å². The molecule has 1 unspecified atom stereocenters. The van der Waals surface area contributed by atoms with Crippen molar-refractivity contribution in [3.8, 4) is 5.75 Å². The number of carbonyl (C=O) groups is 1. The minimum atomic E-state index is -1.07. The predicted molar refractivity (Wildman–Crippen MR) is 125 cm³/mol. The minimum Gasteiger partial charge on any atom is -0.487 e. The van der Waals surface area contributed by atoms with Crippen molar-refractivity contribution in [2.45, 2.75) is 50.2 Å². The van der Waals surface area contributed by atoms with Gasteiger partial charge in [-0.2, -0.15) is 0 Å². The summed E-state index contributed by atoms with van der Waals surface area (Å²) in [4.78, 5) is 19.5. The van der Waals surface area contributed by atoms with Crippen LogP contribution >= 0.6 is 23.3 Å². The predicted octanol–water partition coefficient (Wildman–Crippen LogP) is 5.48. The van der Waals surface area contributed by atoms with Crippen molar-refractivity contribution in [2.75, 3.05) is 10.8 Å². The van der Waals surface area contributed by atoms with Crippen molar-refractivity contribution in [1.29, 1.82) is 0 Å². The molecule has 0 fully saturated rings. The van der Waals surface area contributed by atoms with Gasteiger partial charge in [0.15, 0.2) is 4.34 Å². The molecule has 9 heteroatoms. The van der Waals surface area contributed by atoms with Gasteiger partial charge in [-0.25, -0.2) is 19.2 Å². The van der Waals surface area contributed by atoms with Gasteiger partial charge in [0.05, 0.1) is 12.2 Å². The first-order valence-electron chi connectivity index (χ1n) is 10.4. The second-order valence-electron chi connectivity index (χ2n) is 7.78. The van der Waals surface area contributed by atoms with Crippen LogP contribution < -0.4 is 9.04 Å². The average Bonchev–Trinajstić information content (AvgIpc) is 3.39. The van der Waals surface area contributed by atoms with E-state index in [1.165, 1.54) is 46.7 Å². The van der Waals surface area contributed by atoms with Crippen LogP contribution in [0.3, 0.4) is 0 Å². The van der Waals surface area contributed by atoms with Gasteiger partial charge in [0.2, 0.25) is 0 Å². The second kappa shape index (κ2) is 9.87. The quantitative estimate of drug-likeness (QED) is 0.412. The van der Waals surface area contributed by atoms with Crippen LogP contribution in [0, 0.1) is 6.92 Å². The molecule has 0 saturated heterocycles. The number of nitrogens with zero attached hydrogens (tertiary/aromatic N) is 3. The van der Waals surface area contributed by atoms with Gasteiger partial charge in [-0.15, -0.1) is 11.3 Å². The van der Waals surface area contributed by atoms with Crippen LogP contribution in [0.25, 0.3) is 0 Å². The Morgan fingerprint density at radius 1 is 1.34 bits per heavy atom. The Labute approximate surface area is 194 Å². The molecule has 0 aliphatic heterocycles. The van der Waals surface area contributed by atoms with Crippen LogP contribution in [0.5, 0.6) is 5.75 Å². The lowest BCUT2D eigenvalue weighted by molar-refractivity contribution is 0.0690. The fraction of sp³-hybridized carbons (Fsp3) is 0.348. The van der Waals surface area contributed by atoms with Crippen molar-refractivity contribution in [1.82, 2.24) is 9.97 Å². The lowest BCUT2D eigenvalue weighted by atomic mass is 10.1. The maximum absolute atomic E-state index is 14.1. The van der Waals surface area contributed by atoms with Crippen molar-refractivity contribution >= 4 is 34.9 Å². The number of fused-ring (bicyclic) bond motifs is 1. The SMILES string of the molecule is Cc1csc(SN(CC(C)F)c2cc3c(cc2OCc2ccc(C(=O)O)nc2)CCC3)n1. The number of aromatic nitrogens is 2.